The van der Waals surface area contributed by atoms with Crippen molar-refractivity contribution in [3.05, 3.63) is 62.9 Å². The minimum Gasteiger partial charge on any atom is -0.319 e. The number of benzene rings is 2. The molecule has 0 aliphatic carbocycles. The van der Waals surface area contributed by atoms with E-state index in [0.29, 0.717) is 4.47 Å². The first-order valence-electron chi connectivity index (χ1n) is 7.15. The Morgan fingerprint density at radius 2 is 1.96 bits per heavy atom. The van der Waals surface area contributed by atoms with Gasteiger partial charge in [-0.15, -0.1) is 0 Å². The summed E-state index contributed by atoms with van der Waals surface area (Å²) in [6, 6.07) is 6.00. The van der Waals surface area contributed by atoms with E-state index in [2.05, 4.69) is 10.2 Å². The summed E-state index contributed by atoms with van der Waals surface area (Å²) in [6.45, 7) is 0. The lowest BCUT2D eigenvalue weighted by Gasteiger charge is -2.16. The van der Waals surface area contributed by atoms with Crippen molar-refractivity contribution in [1.82, 2.24) is 4.47 Å². The van der Waals surface area contributed by atoms with Crippen LogP contribution in [-0.4, -0.2) is 37.9 Å². The van der Waals surface area contributed by atoms with E-state index >= 15 is 0 Å². The number of rotatable bonds is 6. The molecule has 1 amide bonds. The van der Waals surface area contributed by atoms with E-state index in [4.69, 9.17) is 11.6 Å². The number of sulfonamides is 1. The van der Waals surface area contributed by atoms with Gasteiger partial charge in [0.05, 0.1) is 22.7 Å². The van der Waals surface area contributed by atoms with Gasteiger partial charge in [0.1, 0.15) is 10.7 Å². The summed E-state index contributed by atoms with van der Waals surface area (Å²) < 4.78 is 39.0. The molecule has 0 heterocycles. The number of anilines is 1. The molecule has 0 fully saturated rings. The maximum atomic E-state index is 13.8. The SMILES string of the molecule is CON(C)S(=O)(=O)c1cc(C(=O)Nc2cc([N+](=O)[O-])ccc2F)ccc1Cl. The summed E-state index contributed by atoms with van der Waals surface area (Å²) in [6.07, 6.45) is 0. The van der Waals surface area contributed by atoms with Crippen molar-refractivity contribution in [2.45, 2.75) is 4.90 Å². The number of amides is 1. The van der Waals surface area contributed by atoms with Crippen LogP contribution in [0.4, 0.5) is 15.8 Å². The van der Waals surface area contributed by atoms with E-state index in [-0.39, 0.29) is 10.6 Å². The van der Waals surface area contributed by atoms with E-state index in [1.54, 1.807) is 0 Å². The minimum atomic E-state index is -4.14. The summed E-state index contributed by atoms with van der Waals surface area (Å²) in [7, 11) is -1.87. The van der Waals surface area contributed by atoms with E-state index in [1.807, 2.05) is 0 Å². The molecule has 1 N–H and O–H groups in total. The fraction of sp³-hybridized carbons (Fsp3) is 0.133. The number of nitro groups is 1. The van der Waals surface area contributed by atoms with Crippen molar-refractivity contribution in [2.75, 3.05) is 19.5 Å². The summed E-state index contributed by atoms with van der Waals surface area (Å²) in [5, 5.41) is 12.8. The molecule has 0 saturated heterocycles. The number of hydroxylamine groups is 1. The third-order valence-corrected chi connectivity index (χ3v) is 5.64. The van der Waals surface area contributed by atoms with Gasteiger partial charge in [-0.1, -0.05) is 16.1 Å². The Hall–Kier alpha value is -2.60. The predicted molar refractivity (Wildman–Crippen MR) is 94.4 cm³/mol. The maximum Gasteiger partial charge on any atom is 0.271 e. The Morgan fingerprint density at radius 3 is 2.56 bits per heavy atom. The van der Waals surface area contributed by atoms with Gasteiger partial charge in [0, 0.05) is 24.7 Å². The molecular weight excluding hydrogens is 405 g/mol. The Balaban J connectivity index is 2.40. The Bertz CT molecular complexity index is 1010. The van der Waals surface area contributed by atoms with Crippen LogP contribution in [0.3, 0.4) is 0 Å². The van der Waals surface area contributed by atoms with Crippen LogP contribution in [0, 0.1) is 15.9 Å². The van der Waals surface area contributed by atoms with Gasteiger partial charge < -0.3 is 5.32 Å². The summed E-state index contributed by atoms with van der Waals surface area (Å²) in [4.78, 5) is 26.6. The molecule has 2 aromatic rings. The molecule has 2 aromatic carbocycles. The number of halogens is 2. The molecule has 144 valence electrons. The zero-order valence-electron chi connectivity index (χ0n) is 14.0. The molecule has 0 aliphatic heterocycles. The second kappa shape index (κ2) is 7.96. The van der Waals surface area contributed by atoms with Crippen molar-refractivity contribution < 1.29 is 27.4 Å². The number of carbonyl (C=O) groups is 1. The van der Waals surface area contributed by atoms with Gasteiger partial charge >= 0.3 is 0 Å². The lowest BCUT2D eigenvalue weighted by Crippen LogP contribution is -2.26. The highest BCUT2D eigenvalue weighted by Gasteiger charge is 2.25. The third kappa shape index (κ3) is 4.39. The van der Waals surface area contributed by atoms with Crippen LogP contribution in [0.5, 0.6) is 0 Å². The molecule has 0 atom stereocenters. The van der Waals surface area contributed by atoms with Crippen LogP contribution in [0.25, 0.3) is 0 Å². The third-order valence-electron chi connectivity index (χ3n) is 3.48. The van der Waals surface area contributed by atoms with Gasteiger partial charge in [-0.2, -0.15) is 0 Å². The molecule has 0 unspecified atom stereocenters. The van der Waals surface area contributed by atoms with Crippen molar-refractivity contribution >= 4 is 38.9 Å². The number of nitrogens with one attached hydrogen (secondary N) is 1. The molecule has 12 heteroatoms. The van der Waals surface area contributed by atoms with Crippen LogP contribution in [-0.2, 0) is 14.9 Å². The first kappa shape index (κ1) is 20.7. The smallest absolute Gasteiger partial charge is 0.271 e. The topological polar surface area (TPSA) is 119 Å². The maximum absolute atomic E-state index is 13.8. The molecule has 0 aliphatic rings. The zero-order valence-corrected chi connectivity index (χ0v) is 15.5. The number of nitro benzene ring substituents is 1. The molecule has 0 bridgehead atoms. The largest absolute Gasteiger partial charge is 0.319 e. The van der Waals surface area contributed by atoms with Crippen LogP contribution in [0.2, 0.25) is 5.02 Å². The van der Waals surface area contributed by atoms with Crippen molar-refractivity contribution in [3.8, 4) is 0 Å². The number of nitrogens with zero attached hydrogens (tertiary/aromatic N) is 2. The quantitative estimate of drug-likeness (QED) is 0.570. The Kier molecular flexibility index (Phi) is 6.11. The zero-order chi connectivity index (χ0) is 20.4. The van der Waals surface area contributed by atoms with Crippen LogP contribution < -0.4 is 5.32 Å². The van der Waals surface area contributed by atoms with E-state index in [9.17, 15) is 27.7 Å². The van der Waals surface area contributed by atoms with Gasteiger partial charge in [0.25, 0.3) is 21.6 Å². The summed E-state index contributed by atoms with van der Waals surface area (Å²) in [5.74, 6) is -1.78. The van der Waals surface area contributed by atoms with Gasteiger partial charge in [-0.25, -0.2) is 12.8 Å². The van der Waals surface area contributed by atoms with Gasteiger partial charge in [-0.3, -0.25) is 19.7 Å². The normalized spacial score (nSPS) is 11.4. The van der Waals surface area contributed by atoms with Crippen molar-refractivity contribution in [3.63, 3.8) is 0 Å². The summed E-state index contributed by atoms with van der Waals surface area (Å²) in [5.41, 5.74) is -1.01. The lowest BCUT2D eigenvalue weighted by atomic mass is 10.2. The molecule has 2 rings (SSSR count). The highest BCUT2D eigenvalue weighted by atomic mass is 35.5. The second-order valence-electron chi connectivity index (χ2n) is 5.12. The standard InChI is InChI=1S/C15H13ClFN3O6S/c1-19(26-2)27(24,25)14-7-9(3-5-11(14)16)15(21)18-13-8-10(20(22)23)4-6-12(13)17/h3-8H,1-2H3,(H,18,21). The fourth-order valence-corrected chi connectivity index (χ4v) is 3.47. The Labute approximate surface area is 158 Å². The predicted octanol–water partition coefficient (Wildman–Crippen LogP) is 2.82. The van der Waals surface area contributed by atoms with Gasteiger partial charge in [0.15, 0.2) is 0 Å². The molecular formula is C15H13ClFN3O6S. The fourth-order valence-electron chi connectivity index (χ4n) is 2.00. The average Bonchev–Trinajstić information content (AvgIpc) is 2.62. The number of carbonyl (C=O) groups excluding carboxylic acids is 1. The van der Waals surface area contributed by atoms with Crippen LogP contribution in [0.15, 0.2) is 41.3 Å². The summed E-state index contributed by atoms with van der Waals surface area (Å²) >= 11 is 5.90. The van der Waals surface area contributed by atoms with E-state index in [0.717, 1.165) is 38.4 Å². The molecule has 0 radical (unpaired) electrons. The number of hydrogen-bond donors (Lipinski definition) is 1. The monoisotopic (exact) mass is 417 g/mol. The van der Waals surface area contributed by atoms with E-state index < -0.39 is 42.9 Å². The van der Waals surface area contributed by atoms with Crippen molar-refractivity contribution in [2.24, 2.45) is 0 Å². The lowest BCUT2D eigenvalue weighted by molar-refractivity contribution is -0.384. The highest BCUT2D eigenvalue weighted by Crippen LogP contribution is 2.27. The molecule has 27 heavy (non-hydrogen) atoms. The molecule has 0 saturated carbocycles. The number of non-ortho nitro benzene ring substituents is 1. The molecule has 9 nitrogen and oxygen atoms in total. The Morgan fingerprint density at radius 1 is 1.30 bits per heavy atom. The van der Waals surface area contributed by atoms with Gasteiger partial charge in [0.2, 0.25) is 0 Å². The minimum absolute atomic E-state index is 0.156. The van der Waals surface area contributed by atoms with Crippen LogP contribution in [0.1, 0.15) is 10.4 Å². The first-order valence-corrected chi connectivity index (χ1v) is 8.97. The van der Waals surface area contributed by atoms with Crippen LogP contribution >= 0.6 is 11.6 Å². The molecule has 0 spiro atoms. The average molecular weight is 418 g/mol. The second-order valence-corrected chi connectivity index (χ2v) is 7.43. The van der Waals surface area contributed by atoms with Crippen molar-refractivity contribution in [1.29, 1.82) is 0 Å². The molecule has 0 aromatic heterocycles. The number of hydrogen-bond acceptors (Lipinski definition) is 6. The highest BCUT2D eigenvalue weighted by molar-refractivity contribution is 7.89. The first-order chi connectivity index (χ1) is 12.6. The van der Waals surface area contributed by atoms with E-state index in [1.165, 1.54) is 12.1 Å². The van der Waals surface area contributed by atoms with Gasteiger partial charge in [-0.05, 0) is 24.3 Å².